The molecule has 1 aliphatic heterocycles. The van der Waals surface area contributed by atoms with Gasteiger partial charge in [-0.25, -0.2) is 4.98 Å². The quantitative estimate of drug-likeness (QED) is 0.585. The van der Waals surface area contributed by atoms with Gasteiger partial charge in [0.1, 0.15) is 5.69 Å². The SMILES string of the molecule is CC(C)C1c2[nH]c3ccccc3c2CCN1Cc1nc(-c2cnccn2)no1. The maximum atomic E-state index is 5.52. The fourth-order valence-corrected chi connectivity index (χ4v) is 4.26. The molecule has 1 aromatic carbocycles. The first-order chi connectivity index (χ1) is 13.7. The molecule has 0 saturated heterocycles. The Morgan fingerprint density at radius 3 is 2.96 bits per heavy atom. The Balaban J connectivity index is 1.45. The minimum atomic E-state index is 0.281. The smallest absolute Gasteiger partial charge is 0.241 e. The van der Waals surface area contributed by atoms with Crippen molar-refractivity contribution in [3.05, 3.63) is 60.0 Å². The van der Waals surface area contributed by atoms with Crippen LogP contribution in [0.25, 0.3) is 22.4 Å². The van der Waals surface area contributed by atoms with Crippen LogP contribution >= 0.6 is 0 Å². The summed E-state index contributed by atoms with van der Waals surface area (Å²) < 4.78 is 5.52. The highest BCUT2D eigenvalue weighted by Gasteiger charge is 2.33. The summed E-state index contributed by atoms with van der Waals surface area (Å²) >= 11 is 0. The molecule has 0 aliphatic carbocycles. The molecular weight excluding hydrogens is 352 g/mol. The Morgan fingerprint density at radius 2 is 2.14 bits per heavy atom. The topological polar surface area (TPSA) is 83.7 Å². The molecule has 7 heteroatoms. The molecule has 142 valence electrons. The second kappa shape index (κ2) is 6.83. The second-order valence-corrected chi connectivity index (χ2v) is 7.57. The fraction of sp³-hybridized carbons (Fsp3) is 0.333. The van der Waals surface area contributed by atoms with Crippen LogP contribution in [-0.4, -0.2) is 36.5 Å². The summed E-state index contributed by atoms with van der Waals surface area (Å²) in [5.74, 6) is 1.54. The molecule has 0 bridgehead atoms. The lowest BCUT2D eigenvalue weighted by atomic mass is 9.90. The average Bonchev–Trinajstić information content (AvgIpc) is 3.32. The predicted octanol–water partition coefficient (Wildman–Crippen LogP) is 3.76. The number of rotatable bonds is 4. The average molecular weight is 374 g/mol. The first-order valence-corrected chi connectivity index (χ1v) is 9.63. The molecule has 3 aromatic heterocycles. The standard InChI is InChI=1S/C21H22N6O/c1-13(2)20-19-15(14-5-3-4-6-16(14)24-19)7-10-27(20)12-18-25-21(26-28-18)17-11-22-8-9-23-17/h3-6,8-9,11,13,20,24H,7,10,12H2,1-2H3. The van der Waals surface area contributed by atoms with Crippen molar-refractivity contribution >= 4 is 10.9 Å². The van der Waals surface area contributed by atoms with E-state index in [0.717, 1.165) is 13.0 Å². The number of benzene rings is 1. The molecule has 4 heterocycles. The zero-order chi connectivity index (χ0) is 19.1. The van der Waals surface area contributed by atoms with Gasteiger partial charge in [-0.2, -0.15) is 4.98 Å². The molecule has 5 rings (SSSR count). The van der Waals surface area contributed by atoms with Crippen LogP contribution in [0.2, 0.25) is 0 Å². The van der Waals surface area contributed by atoms with Crippen LogP contribution in [0.1, 0.15) is 37.0 Å². The van der Waals surface area contributed by atoms with Crippen LogP contribution in [0.3, 0.4) is 0 Å². The van der Waals surface area contributed by atoms with Gasteiger partial charge in [0.2, 0.25) is 11.7 Å². The lowest BCUT2D eigenvalue weighted by molar-refractivity contribution is 0.117. The van der Waals surface area contributed by atoms with Crippen LogP contribution in [0.15, 0.2) is 47.4 Å². The van der Waals surface area contributed by atoms with Gasteiger partial charge in [0.15, 0.2) is 0 Å². The van der Waals surface area contributed by atoms with Crippen LogP contribution < -0.4 is 0 Å². The lowest BCUT2D eigenvalue weighted by Gasteiger charge is -2.37. The van der Waals surface area contributed by atoms with E-state index in [9.17, 15) is 0 Å². The van der Waals surface area contributed by atoms with E-state index in [2.05, 4.69) is 68.1 Å². The number of aromatic nitrogens is 5. The van der Waals surface area contributed by atoms with Crippen LogP contribution in [0.4, 0.5) is 0 Å². The minimum absolute atomic E-state index is 0.281. The minimum Gasteiger partial charge on any atom is -0.357 e. The summed E-state index contributed by atoms with van der Waals surface area (Å²) in [6, 6.07) is 8.84. The second-order valence-electron chi connectivity index (χ2n) is 7.57. The van der Waals surface area contributed by atoms with E-state index in [0.29, 0.717) is 29.9 Å². The van der Waals surface area contributed by atoms with Crippen LogP contribution in [0, 0.1) is 5.92 Å². The van der Waals surface area contributed by atoms with Gasteiger partial charge in [-0.05, 0) is 24.0 Å². The number of para-hydroxylation sites is 1. The number of hydrogen-bond donors (Lipinski definition) is 1. The molecular formula is C21H22N6O. The van der Waals surface area contributed by atoms with E-state index >= 15 is 0 Å². The first kappa shape index (κ1) is 17.1. The Labute approximate surface area is 162 Å². The Hall–Kier alpha value is -3.06. The molecule has 1 unspecified atom stereocenters. The highest BCUT2D eigenvalue weighted by molar-refractivity contribution is 5.85. The van der Waals surface area contributed by atoms with Crippen molar-refractivity contribution in [2.24, 2.45) is 5.92 Å². The molecule has 7 nitrogen and oxygen atoms in total. The number of nitrogens with zero attached hydrogens (tertiary/aromatic N) is 5. The molecule has 28 heavy (non-hydrogen) atoms. The van der Waals surface area contributed by atoms with Crippen molar-refractivity contribution in [1.82, 2.24) is 30.0 Å². The van der Waals surface area contributed by atoms with E-state index in [1.54, 1.807) is 18.6 Å². The highest BCUT2D eigenvalue weighted by atomic mass is 16.5. The highest BCUT2D eigenvalue weighted by Crippen LogP contribution is 2.39. The summed E-state index contributed by atoms with van der Waals surface area (Å²) in [5.41, 5.74) is 4.59. The maximum Gasteiger partial charge on any atom is 0.241 e. The largest absolute Gasteiger partial charge is 0.357 e. The molecule has 0 saturated carbocycles. The molecule has 1 aliphatic rings. The Morgan fingerprint density at radius 1 is 1.25 bits per heavy atom. The first-order valence-electron chi connectivity index (χ1n) is 9.63. The van der Waals surface area contributed by atoms with E-state index < -0.39 is 0 Å². The van der Waals surface area contributed by atoms with Crippen molar-refractivity contribution in [1.29, 1.82) is 0 Å². The molecule has 0 fully saturated rings. The van der Waals surface area contributed by atoms with Gasteiger partial charge < -0.3 is 9.51 Å². The van der Waals surface area contributed by atoms with Gasteiger partial charge in [0.25, 0.3) is 0 Å². The maximum absolute atomic E-state index is 5.52. The van der Waals surface area contributed by atoms with Gasteiger partial charge >= 0.3 is 0 Å². The van der Waals surface area contributed by atoms with Gasteiger partial charge in [-0.3, -0.25) is 9.88 Å². The van der Waals surface area contributed by atoms with E-state index in [1.807, 2.05) is 0 Å². The van der Waals surface area contributed by atoms with Crippen molar-refractivity contribution < 1.29 is 4.52 Å². The summed E-state index contributed by atoms with van der Waals surface area (Å²) in [4.78, 5) is 18.9. The zero-order valence-corrected chi connectivity index (χ0v) is 16.0. The van der Waals surface area contributed by atoms with Crippen molar-refractivity contribution in [2.75, 3.05) is 6.54 Å². The van der Waals surface area contributed by atoms with E-state index in [4.69, 9.17) is 4.52 Å². The zero-order valence-electron chi connectivity index (χ0n) is 16.0. The monoisotopic (exact) mass is 374 g/mol. The Bertz CT molecular complexity index is 1100. The van der Waals surface area contributed by atoms with Gasteiger partial charge in [-0.1, -0.05) is 37.2 Å². The number of fused-ring (bicyclic) bond motifs is 3. The summed E-state index contributed by atoms with van der Waals surface area (Å²) in [7, 11) is 0. The van der Waals surface area contributed by atoms with Crippen LogP contribution in [0.5, 0.6) is 0 Å². The van der Waals surface area contributed by atoms with Crippen molar-refractivity contribution in [3.63, 3.8) is 0 Å². The Kier molecular flexibility index (Phi) is 4.16. The number of hydrogen-bond acceptors (Lipinski definition) is 6. The molecule has 0 amide bonds. The van der Waals surface area contributed by atoms with Crippen molar-refractivity contribution in [2.45, 2.75) is 32.9 Å². The normalized spacial score (nSPS) is 17.3. The third-order valence-corrected chi connectivity index (χ3v) is 5.42. The van der Waals surface area contributed by atoms with Crippen molar-refractivity contribution in [3.8, 4) is 11.5 Å². The molecule has 1 atom stereocenters. The number of H-pyrrole nitrogens is 1. The third kappa shape index (κ3) is 2.88. The molecule has 4 aromatic rings. The molecule has 1 N–H and O–H groups in total. The van der Waals surface area contributed by atoms with Gasteiger partial charge in [-0.15, -0.1) is 0 Å². The summed E-state index contributed by atoms with van der Waals surface area (Å²) in [6.45, 7) is 6.10. The van der Waals surface area contributed by atoms with Crippen LogP contribution in [-0.2, 0) is 13.0 Å². The predicted molar refractivity (Wildman–Crippen MR) is 105 cm³/mol. The fourth-order valence-electron chi connectivity index (χ4n) is 4.26. The molecule has 0 spiro atoms. The number of nitrogens with one attached hydrogen (secondary N) is 1. The van der Waals surface area contributed by atoms with E-state index in [-0.39, 0.29) is 6.04 Å². The van der Waals surface area contributed by atoms with E-state index in [1.165, 1.54) is 22.2 Å². The number of aromatic amines is 1. The summed E-state index contributed by atoms with van der Waals surface area (Å²) in [5, 5.41) is 5.42. The van der Waals surface area contributed by atoms with Gasteiger partial charge in [0.05, 0.1) is 18.8 Å². The third-order valence-electron chi connectivity index (χ3n) is 5.42. The van der Waals surface area contributed by atoms with Gasteiger partial charge in [0, 0.05) is 35.5 Å². The lowest BCUT2D eigenvalue weighted by Crippen LogP contribution is -2.37. The molecule has 0 radical (unpaired) electrons. The summed E-state index contributed by atoms with van der Waals surface area (Å²) in [6.07, 6.45) is 5.91.